The molecule has 1 aliphatic heterocycles. The molecular weight excluding hydrogens is 312 g/mol. The van der Waals surface area contributed by atoms with Crippen molar-refractivity contribution in [1.82, 2.24) is 10.2 Å². The second kappa shape index (κ2) is 6.68. The topological polar surface area (TPSA) is 32.3 Å². The molecule has 100 valence electrons. The SMILES string of the molecule is CNCCC1CCN(C(=O)c2csc(Br)c2)CC1. The molecule has 2 rings (SSSR count). The summed E-state index contributed by atoms with van der Waals surface area (Å²) >= 11 is 4.97. The molecule has 1 aromatic heterocycles. The van der Waals surface area contributed by atoms with E-state index in [9.17, 15) is 4.79 Å². The smallest absolute Gasteiger partial charge is 0.254 e. The van der Waals surface area contributed by atoms with Gasteiger partial charge in [0.15, 0.2) is 0 Å². The number of piperidine rings is 1. The number of hydrogen-bond acceptors (Lipinski definition) is 3. The number of carbonyl (C=O) groups is 1. The second-order valence-corrected chi connectivity index (χ2v) is 7.06. The van der Waals surface area contributed by atoms with E-state index in [-0.39, 0.29) is 5.91 Å². The molecule has 1 fully saturated rings. The highest BCUT2D eigenvalue weighted by Gasteiger charge is 2.23. The summed E-state index contributed by atoms with van der Waals surface area (Å²) in [5.41, 5.74) is 0.820. The van der Waals surface area contributed by atoms with Crippen LogP contribution in [0.2, 0.25) is 0 Å². The first kappa shape index (κ1) is 14.0. The lowest BCUT2D eigenvalue weighted by Crippen LogP contribution is -2.38. The van der Waals surface area contributed by atoms with Gasteiger partial charge in [0.2, 0.25) is 0 Å². The maximum Gasteiger partial charge on any atom is 0.254 e. The van der Waals surface area contributed by atoms with Crippen LogP contribution in [0.4, 0.5) is 0 Å². The van der Waals surface area contributed by atoms with Crippen molar-refractivity contribution < 1.29 is 4.79 Å². The fraction of sp³-hybridized carbons (Fsp3) is 0.615. The standard InChI is InChI=1S/C13H19BrN2OS/c1-15-5-2-10-3-6-16(7-4-10)13(17)11-8-12(14)18-9-11/h8-10,15H,2-7H2,1H3. The Morgan fingerprint density at radius 1 is 1.56 bits per heavy atom. The van der Waals surface area contributed by atoms with E-state index in [1.165, 1.54) is 6.42 Å². The van der Waals surface area contributed by atoms with Gasteiger partial charge in [0.25, 0.3) is 5.91 Å². The van der Waals surface area contributed by atoms with Crippen LogP contribution in [0.3, 0.4) is 0 Å². The van der Waals surface area contributed by atoms with Gasteiger partial charge < -0.3 is 10.2 Å². The normalized spacial score (nSPS) is 17.1. The third kappa shape index (κ3) is 3.56. The number of thiophene rings is 1. The maximum absolute atomic E-state index is 12.2. The summed E-state index contributed by atoms with van der Waals surface area (Å²) in [5, 5.41) is 5.12. The number of likely N-dealkylation sites (tertiary alicyclic amines) is 1. The van der Waals surface area contributed by atoms with Gasteiger partial charge in [-0.1, -0.05) is 0 Å². The Bertz CT molecular complexity index is 399. The lowest BCUT2D eigenvalue weighted by Gasteiger charge is -2.31. The average Bonchev–Trinajstić information content (AvgIpc) is 2.83. The molecular formula is C13H19BrN2OS. The lowest BCUT2D eigenvalue weighted by atomic mass is 9.93. The molecule has 3 nitrogen and oxygen atoms in total. The number of amides is 1. The molecule has 1 aliphatic rings. The largest absolute Gasteiger partial charge is 0.339 e. The Morgan fingerprint density at radius 2 is 2.28 bits per heavy atom. The Morgan fingerprint density at radius 3 is 2.83 bits per heavy atom. The molecule has 0 aliphatic carbocycles. The van der Waals surface area contributed by atoms with Gasteiger partial charge in [-0.3, -0.25) is 4.79 Å². The van der Waals surface area contributed by atoms with Gasteiger partial charge in [-0.05, 0) is 60.8 Å². The summed E-state index contributed by atoms with van der Waals surface area (Å²) in [6, 6.07) is 1.92. The number of halogens is 1. The average molecular weight is 331 g/mol. The Hall–Kier alpha value is -0.390. The predicted octanol–water partition coefficient (Wildman–Crippen LogP) is 2.97. The molecule has 0 aromatic carbocycles. The molecule has 0 saturated carbocycles. The van der Waals surface area contributed by atoms with E-state index < -0.39 is 0 Å². The first-order valence-corrected chi connectivity index (χ1v) is 8.06. The zero-order chi connectivity index (χ0) is 13.0. The van der Waals surface area contributed by atoms with Crippen LogP contribution in [-0.2, 0) is 0 Å². The van der Waals surface area contributed by atoms with E-state index in [2.05, 4.69) is 21.2 Å². The quantitative estimate of drug-likeness (QED) is 0.920. The fourth-order valence-corrected chi connectivity index (χ4v) is 3.51. The van der Waals surface area contributed by atoms with E-state index in [1.807, 2.05) is 23.4 Å². The monoisotopic (exact) mass is 330 g/mol. The summed E-state index contributed by atoms with van der Waals surface area (Å²) in [4.78, 5) is 14.2. The summed E-state index contributed by atoms with van der Waals surface area (Å²) in [6.45, 7) is 2.89. The summed E-state index contributed by atoms with van der Waals surface area (Å²) in [6.07, 6.45) is 3.50. The Kier molecular flexibility index (Phi) is 5.21. The third-order valence-electron chi connectivity index (χ3n) is 3.52. The number of nitrogens with one attached hydrogen (secondary N) is 1. The van der Waals surface area contributed by atoms with Crippen molar-refractivity contribution in [2.45, 2.75) is 19.3 Å². The molecule has 1 aromatic rings. The van der Waals surface area contributed by atoms with Crippen molar-refractivity contribution in [2.24, 2.45) is 5.92 Å². The number of carbonyl (C=O) groups excluding carboxylic acids is 1. The minimum Gasteiger partial charge on any atom is -0.339 e. The molecule has 0 spiro atoms. The van der Waals surface area contributed by atoms with Crippen molar-refractivity contribution in [1.29, 1.82) is 0 Å². The molecule has 1 amide bonds. The van der Waals surface area contributed by atoms with Gasteiger partial charge in [0, 0.05) is 18.5 Å². The molecule has 2 heterocycles. The lowest BCUT2D eigenvalue weighted by molar-refractivity contribution is 0.0687. The number of nitrogens with zero attached hydrogens (tertiary/aromatic N) is 1. The molecule has 5 heteroatoms. The van der Waals surface area contributed by atoms with E-state index in [1.54, 1.807) is 11.3 Å². The van der Waals surface area contributed by atoms with Gasteiger partial charge >= 0.3 is 0 Å². The van der Waals surface area contributed by atoms with Crippen LogP contribution in [-0.4, -0.2) is 37.5 Å². The zero-order valence-corrected chi connectivity index (χ0v) is 13.0. The maximum atomic E-state index is 12.2. The summed E-state index contributed by atoms with van der Waals surface area (Å²) < 4.78 is 1.02. The van der Waals surface area contributed by atoms with Crippen molar-refractivity contribution >= 4 is 33.2 Å². The van der Waals surface area contributed by atoms with Crippen LogP contribution in [0.25, 0.3) is 0 Å². The van der Waals surface area contributed by atoms with Crippen molar-refractivity contribution in [3.63, 3.8) is 0 Å². The minimum atomic E-state index is 0.184. The molecule has 1 N–H and O–H groups in total. The van der Waals surface area contributed by atoms with Crippen molar-refractivity contribution in [2.75, 3.05) is 26.7 Å². The first-order valence-electron chi connectivity index (χ1n) is 6.38. The number of rotatable bonds is 4. The van der Waals surface area contributed by atoms with E-state index in [0.29, 0.717) is 0 Å². The van der Waals surface area contributed by atoms with E-state index in [4.69, 9.17) is 0 Å². The van der Waals surface area contributed by atoms with Crippen LogP contribution in [0.15, 0.2) is 15.2 Å². The Labute approximate surface area is 121 Å². The van der Waals surface area contributed by atoms with E-state index in [0.717, 1.165) is 47.7 Å². The molecule has 0 radical (unpaired) electrons. The van der Waals surface area contributed by atoms with Crippen LogP contribution in [0, 0.1) is 5.92 Å². The molecule has 0 unspecified atom stereocenters. The van der Waals surface area contributed by atoms with Gasteiger partial charge in [-0.15, -0.1) is 11.3 Å². The van der Waals surface area contributed by atoms with Crippen LogP contribution >= 0.6 is 27.3 Å². The van der Waals surface area contributed by atoms with Crippen LogP contribution < -0.4 is 5.32 Å². The van der Waals surface area contributed by atoms with Crippen LogP contribution in [0.1, 0.15) is 29.6 Å². The highest BCUT2D eigenvalue weighted by atomic mass is 79.9. The highest BCUT2D eigenvalue weighted by molar-refractivity contribution is 9.11. The van der Waals surface area contributed by atoms with E-state index >= 15 is 0 Å². The number of hydrogen-bond donors (Lipinski definition) is 1. The summed E-state index contributed by atoms with van der Waals surface area (Å²) in [7, 11) is 1.99. The van der Waals surface area contributed by atoms with Gasteiger partial charge in [-0.25, -0.2) is 0 Å². The van der Waals surface area contributed by atoms with Crippen LogP contribution in [0.5, 0.6) is 0 Å². The van der Waals surface area contributed by atoms with Gasteiger partial charge in [-0.2, -0.15) is 0 Å². The zero-order valence-electron chi connectivity index (χ0n) is 10.6. The second-order valence-electron chi connectivity index (χ2n) is 4.77. The van der Waals surface area contributed by atoms with Gasteiger partial charge in [0.1, 0.15) is 0 Å². The third-order valence-corrected chi connectivity index (χ3v) is 5.02. The van der Waals surface area contributed by atoms with Gasteiger partial charge in [0.05, 0.1) is 9.35 Å². The fourth-order valence-electron chi connectivity index (χ4n) is 2.38. The highest BCUT2D eigenvalue weighted by Crippen LogP contribution is 2.25. The first-order chi connectivity index (χ1) is 8.70. The molecule has 0 atom stereocenters. The Balaban J connectivity index is 1.84. The van der Waals surface area contributed by atoms with Crippen molar-refractivity contribution in [3.05, 3.63) is 20.8 Å². The summed E-state index contributed by atoms with van der Waals surface area (Å²) in [5.74, 6) is 0.958. The predicted molar refractivity (Wildman–Crippen MR) is 79.2 cm³/mol. The molecule has 18 heavy (non-hydrogen) atoms. The molecule has 0 bridgehead atoms. The molecule has 1 saturated heterocycles. The minimum absolute atomic E-state index is 0.184. The van der Waals surface area contributed by atoms with Crippen molar-refractivity contribution in [3.8, 4) is 0 Å².